The molecule has 3 aromatic rings. The minimum absolute atomic E-state index is 0.0326. The van der Waals surface area contributed by atoms with Crippen molar-refractivity contribution in [2.45, 2.75) is 26.7 Å². The smallest absolute Gasteiger partial charge is 0.309 e. The lowest BCUT2D eigenvalue weighted by Gasteiger charge is -2.08. The van der Waals surface area contributed by atoms with Crippen LogP contribution in [0.15, 0.2) is 72.8 Å². The number of hydrogen-bond donors (Lipinski definition) is 1. The monoisotopic (exact) mass is 447 g/mol. The largest absolute Gasteiger partial charge is 0.469 e. The van der Waals surface area contributed by atoms with Crippen LogP contribution >= 0.6 is 0 Å². The number of ether oxygens (including phenoxy) is 1. The molecule has 33 heavy (non-hydrogen) atoms. The zero-order chi connectivity index (χ0) is 24.6. The average molecular weight is 448 g/mol. The Morgan fingerprint density at radius 2 is 1.45 bits per heavy atom. The van der Waals surface area contributed by atoms with Crippen molar-refractivity contribution >= 4 is 24.4 Å². The molecule has 0 aliphatic rings. The number of aryl methyl sites for hydroxylation is 2. The summed E-state index contributed by atoms with van der Waals surface area (Å²) in [7, 11) is 1.35. The van der Waals surface area contributed by atoms with E-state index >= 15 is 0 Å². The van der Waals surface area contributed by atoms with Crippen molar-refractivity contribution in [1.29, 1.82) is 0 Å². The van der Waals surface area contributed by atoms with E-state index in [1.165, 1.54) is 12.7 Å². The van der Waals surface area contributed by atoms with Crippen LogP contribution in [-0.4, -0.2) is 31.6 Å². The molecule has 6 nitrogen and oxygen atoms in total. The Kier molecular flexibility index (Phi) is 12.1. The number of rotatable bonds is 6. The Bertz CT molecular complexity index is 1040. The van der Waals surface area contributed by atoms with Gasteiger partial charge in [-0.2, -0.15) is 0 Å². The van der Waals surface area contributed by atoms with Crippen molar-refractivity contribution in [2.75, 3.05) is 7.11 Å². The number of esters is 1. The van der Waals surface area contributed by atoms with E-state index in [-0.39, 0.29) is 24.6 Å². The Labute approximate surface area is 194 Å². The lowest BCUT2D eigenvalue weighted by Crippen LogP contribution is -2.08. The molecule has 1 amide bonds. The van der Waals surface area contributed by atoms with E-state index in [9.17, 15) is 14.4 Å². The molecule has 0 aliphatic carbocycles. The van der Waals surface area contributed by atoms with Gasteiger partial charge in [0.1, 0.15) is 6.29 Å². The second-order valence-electron chi connectivity index (χ2n) is 7.09. The van der Waals surface area contributed by atoms with Crippen LogP contribution in [0.4, 0.5) is 0 Å². The van der Waals surface area contributed by atoms with Gasteiger partial charge in [-0.1, -0.05) is 72.3 Å². The van der Waals surface area contributed by atoms with E-state index in [0.29, 0.717) is 17.5 Å². The molecule has 172 valence electrons. The fourth-order valence-electron chi connectivity index (χ4n) is 2.83. The molecule has 3 rings (SSSR count). The van der Waals surface area contributed by atoms with Gasteiger partial charge in [0.15, 0.2) is 5.78 Å². The van der Waals surface area contributed by atoms with Gasteiger partial charge in [0.2, 0.25) is 6.41 Å². The number of nitrogens with two attached hydrogens (primary N) is 1. The van der Waals surface area contributed by atoms with E-state index in [0.717, 1.165) is 23.0 Å². The molecule has 0 saturated carbocycles. The SMILES string of the molecule is COC(=O)Cc1ccc(C)c(C(=O)c2ccccc2)c1.Cc1ccc(CC=O)cc1.NC=O. The fraction of sp³-hybridized carbons (Fsp3) is 0.185. The van der Waals surface area contributed by atoms with Gasteiger partial charge >= 0.3 is 5.97 Å². The van der Waals surface area contributed by atoms with Crippen LogP contribution in [0.3, 0.4) is 0 Å². The van der Waals surface area contributed by atoms with Crippen molar-refractivity contribution in [3.05, 3.63) is 106 Å². The maximum atomic E-state index is 12.5. The van der Waals surface area contributed by atoms with Gasteiger partial charge in [-0.3, -0.25) is 14.4 Å². The molecule has 0 saturated heterocycles. The Morgan fingerprint density at radius 1 is 0.879 bits per heavy atom. The predicted octanol–water partition coefficient (Wildman–Crippen LogP) is 3.78. The van der Waals surface area contributed by atoms with Gasteiger partial charge in [0.25, 0.3) is 0 Å². The highest BCUT2D eigenvalue weighted by atomic mass is 16.5. The van der Waals surface area contributed by atoms with Gasteiger partial charge in [0.05, 0.1) is 13.5 Å². The van der Waals surface area contributed by atoms with Crippen molar-refractivity contribution < 1.29 is 23.9 Å². The number of aldehydes is 1. The molecule has 3 aromatic carbocycles. The zero-order valence-electron chi connectivity index (χ0n) is 19.1. The molecule has 0 bridgehead atoms. The second kappa shape index (κ2) is 14.9. The molecule has 6 heteroatoms. The average Bonchev–Trinajstić information content (AvgIpc) is 2.83. The van der Waals surface area contributed by atoms with Crippen LogP contribution in [0.25, 0.3) is 0 Å². The lowest BCUT2D eigenvalue weighted by atomic mass is 9.96. The topological polar surface area (TPSA) is 104 Å². The van der Waals surface area contributed by atoms with Crippen LogP contribution < -0.4 is 5.73 Å². The minimum Gasteiger partial charge on any atom is -0.469 e. The number of hydrogen-bond acceptors (Lipinski definition) is 5. The number of carbonyl (C=O) groups is 4. The molecule has 0 radical (unpaired) electrons. The summed E-state index contributed by atoms with van der Waals surface area (Å²) in [5.74, 6) is -0.346. The summed E-state index contributed by atoms with van der Waals surface area (Å²) in [6, 6.07) is 22.6. The van der Waals surface area contributed by atoms with E-state index < -0.39 is 0 Å². The first-order valence-electron chi connectivity index (χ1n) is 10.3. The molecule has 0 spiro atoms. The molecule has 2 N–H and O–H groups in total. The summed E-state index contributed by atoms with van der Waals surface area (Å²) in [5, 5.41) is 0. The van der Waals surface area contributed by atoms with E-state index in [1.807, 2.05) is 68.4 Å². The zero-order valence-corrected chi connectivity index (χ0v) is 19.1. The van der Waals surface area contributed by atoms with Crippen LogP contribution in [0.2, 0.25) is 0 Å². The van der Waals surface area contributed by atoms with Gasteiger partial charge in [0, 0.05) is 17.5 Å². The van der Waals surface area contributed by atoms with Gasteiger partial charge < -0.3 is 15.3 Å². The molecule has 0 fully saturated rings. The van der Waals surface area contributed by atoms with Gasteiger partial charge in [-0.25, -0.2) is 0 Å². The highest BCUT2D eigenvalue weighted by Crippen LogP contribution is 2.17. The van der Waals surface area contributed by atoms with Crippen molar-refractivity contribution in [3.8, 4) is 0 Å². The molecule has 0 unspecified atom stereocenters. The third-order valence-electron chi connectivity index (χ3n) is 4.60. The first kappa shape index (κ1) is 27.0. The second-order valence-corrected chi connectivity index (χ2v) is 7.09. The molecular weight excluding hydrogens is 418 g/mol. The Morgan fingerprint density at radius 3 is 2.00 bits per heavy atom. The van der Waals surface area contributed by atoms with Gasteiger partial charge in [-0.05, 0) is 36.6 Å². The van der Waals surface area contributed by atoms with E-state index in [1.54, 1.807) is 18.2 Å². The molecule has 0 aliphatic heterocycles. The normalized spacial score (nSPS) is 9.30. The summed E-state index contributed by atoms with van der Waals surface area (Å²) in [5.41, 5.74) is 9.42. The quantitative estimate of drug-likeness (QED) is 0.352. The third-order valence-corrected chi connectivity index (χ3v) is 4.60. The summed E-state index contributed by atoms with van der Waals surface area (Å²) >= 11 is 0. The summed E-state index contributed by atoms with van der Waals surface area (Å²) in [6.45, 7) is 3.92. The number of ketones is 1. The fourth-order valence-corrected chi connectivity index (χ4v) is 2.83. The summed E-state index contributed by atoms with van der Waals surface area (Å²) in [4.78, 5) is 42.4. The maximum absolute atomic E-state index is 12.5. The van der Waals surface area contributed by atoms with Gasteiger partial charge in [-0.15, -0.1) is 0 Å². The van der Waals surface area contributed by atoms with Crippen molar-refractivity contribution in [2.24, 2.45) is 5.73 Å². The Balaban J connectivity index is 0.000000349. The highest BCUT2D eigenvalue weighted by molar-refractivity contribution is 6.10. The highest BCUT2D eigenvalue weighted by Gasteiger charge is 2.13. The predicted molar refractivity (Wildman–Crippen MR) is 128 cm³/mol. The number of carbonyl (C=O) groups excluding carboxylic acids is 4. The van der Waals surface area contributed by atoms with Crippen LogP contribution in [0.1, 0.15) is 38.2 Å². The van der Waals surface area contributed by atoms with Crippen molar-refractivity contribution in [3.63, 3.8) is 0 Å². The number of benzene rings is 3. The number of methoxy groups -OCH3 is 1. The Hall–Kier alpha value is -4.06. The van der Waals surface area contributed by atoms with Crippen molar-refractivity contribution in [1.82, 2.24) is 0 Å². The minimum atomic E-state index is -0.313. The summed E-state index contributed by atoms with van der Waals surface area (Å²) in [6.07, 6.45) is 1.87. The molecular formula is C27H29NO5. The van der Waals surface area contributed by atoms with Crippen LogP contribution in [0.5, 0.6) is 0 Å². The standard InChI is InChI=1S/C17H16O3.C9H10O.CH3NO/c1-12-8-9-13(11-16(18)20-2)10-15(12)17(19)14-6-4-3-5-7-14;1-8-2-4-9(5-3-8)6-7-10;2-1-3/h3-10H,11H2,1-2H3;2-5,7H,6H2,1H3;1H,(H2,2,3). The third kappa shape index (κ3) is 9.74. The van der Waals surface area contributed by atoms with Crippen LogP contribution in [0, 0.1) is 13.8 Å². The van der Waals surface area contributed by atoms with Crippen LogP contribution in [-0.2, 0) is 32.0 Å². The number of primary amides is 1. The first-order valence-corrected chi connectivity index (χ1v) is 10.3. The molecule has 0 atom stereocenters. The maximum Gasteiger partial charge on any atom is 0.309 e. The summed E-state index contributed by atoms with van der Waals surface area (Å²) < 4.78 is 4.65. The molecule has 0 aromatic heterocycles. The number of amides is 1. The van der Waals surface area contributed by atoms with E-state index in [2.05, 4.69) is 10.5 Å². The first-order chi connectivity index (χ1) is 15.9. The molecule has 0 heterocycles. The van der Waals surface area contributed by atoms with E-state index in [4.69, 9.17) is 4.79 Å². The lowest BCUT2D eigenvalue weighted by molar-refractivity contribution is -0.139.